The molecule has 0 bridgehead atoms. The summed E-state index contributed by atoms with van der Waals surface area (Å²) < 4.78 is 0. The fraction of sp³-hybridized carbons (Fsp3) is 1.00. The molecular weight excluding hydrogens is 681 g/mol. The van der Waals surface area contributed by atoms with Crippen molar-refractivity contribution in [2.45, 2.75) is 268 Å². The first kappa shape index (κ1) is 64.0. The van der Waals surface area contributed by atoms with Gasteiger partial charge in [0.25, 0.3) is 0 Å². The Bertz CT molecular complexity index is 554. The van der Waals surface area contributed by atoms with E-state index in [0.717, 1.165) is 12.8 Å². The van der Waals surface area contributed by atoms with Gasteiger partial charge in [-0.1, -0.05) is 223 Å². The second-order valence-corrected chi connectivity index (χ2v) is 16.7. The molecule has 0 aromatic rings. The fourth-order valence-electron chi connectivity index (χ4n) is 6.45. The van der Waals surface area contributed by atoms with Gasteiger partial charge < -0.3 is 25.5 Å². The van der Waals surface area contributed by atoms with Gasteiger partial charge in [0.05, 0.1) is 0 Å². The largest absolute Gasteiger partial charge is 0.396 e. The van der Waals surface area contributed by atoms with Crippen molar-refractivity contribution in [3.63, 3.8) is 0 Å². The van der Waals surface area contributed by atoms with Crippen LogP contribution in [0.4, 0.5) is 0 Å². The third-order valence-corrected chi connectivity index (χ3v) is 10.8. The van der Waals surface area contributed by atoms with Crippen molar-refractivity contribution in [2.24, 2.45) is 23.7 Å². The van der Waals surface area contributed by atoms with Crippen molar-refractivity contribution in [1.29, 1.82) is 0 Å². The van der Waals surface area contributed by atoms with Crippen molar-refractivity contribution in [1.82, 2.24) is 0 Å². The molecule has 0 rings (SSSR count). The van der Waals surface area contributed by atoms with Gasteiger partial charge >= 0.3 is 0 Å². The summed E-state index contributed by atoms with van der Waals surface area (Å²) in [6.07, 6.45) is 40.9. The standard InChI is InChI=1S/5C10H22O/c1-3-4-5-6-7-8-10(2)9-11;1-3-5-6-7-8-10(4-2)9-11;1-3-5-6-8-10(9-11)7-4-2;1-3-5-7-10(9-11)8-6-4-2;1-2-3-4-5-6-7-8-9-10-11/h4*10-11H,3-9H2,1-2H3;11H,2-10H2,1H3. The minimum atomic E-state index is 0.355. The number of unbranched alkanes of at least 4 members (excludes halogenated alkanes) is 18. The zero-order valence-corrected chi connectivity index (χ0v) is 39.7. The van der Waals surface area contributed by atoms with Gasteiger partial charge in [0.15, 0.2) is 0 Å². The van der Waals surface area contributed by atoms with Crippen LogP contribution in [0.5, 0.6) is 0 Å². The number of aliphatic hydroxyl groups excluding tert-OH is 5. The van der Waals surface area contributed by atoms with Gasteiger partial charge in [0.1, 0.15) is 0 Å². The van der Waals surface area contributed by atoms with E-state index in [1.54, 1.807) is 0 Å². The molecule has 0 heterocycles. The molecule has 0 saturated heterocycles. The van der Waals surface area contributed by atoms with E-state index in [1.807, 2.05) is 0 Å². The lowest BCUT2D eigenvalue weighted by atomic mass is 9.97. The van der Waals surface area contributed by atoms with Crippen molar-refractivity contribution in [3.8, 4) is 0 Å². The van der Waals surface area contributed by atoms with Crippen LogP contribution in [0.3, 0.4) is 0 Å². The van der Waals surface area contributed by atoms with E-state index in [1.165, 1.54) is 193 Å². The Kier molecular flexibility index (Phi) is 73.2. The van der Waals surface area contributed by atoms with Gasteiger partial charge in [-0.15, -0.1) is 0 Å². The van der Waals surface area contributed by atoms with Crippen LogP contribution >= 0.6 is 0 Å². The van der Waals surface area contributed by atoms with E-state index in [2.05, 4.69) is 62.3 Å². The molecule has 0 aromatic carbocycles. The lowest BCUT2D eigenvalue weighted by Gasteiger charge is -2.11. The van der Waals surface area contributed by atoms with Gasteiger partial charge in [-0.2, -0.15) is 0 Å². The maximum atomic E-state index is 8.98. The Hall–Kier alpha value is -0.200. The lowest BCUT2D eigenvalue weighted by Crippen LogP contribution is -2.05. The first-order valence-electron chi connectivity index (χ1n) is 24.8. The first-order valence-corrected chi connectivity index (χ1v) is 24.8. The van der Waals surface area contributed by atoms with Gasteiger partial charge in [-0.3, -0.25) is 0 Å². The Morgan fingerprint density at radius 1 is 0.273 bits per heavy atom. The Morgan fingerprint density at radius 3 is 0.964 bits per heavy atom. The highest BCUT2D eigenvalue weighted by Gasteiger charge is 2.06. The van der Waals surface area contributed by atoms with Crippen molar-refractivity contribution >= 4 is 0 Å². The second kappa shape index (κ2) is 63.0. The molecule has 0 aromatic heterocycles. The van der Waals surface area contributed by atoms with E-state index in [0.29, 0.717) is 56.7 Å². The Morgan fingerprint density at radius 2 is 0.582 bits per heavy atom. The highest BCUT2D eigenvalue weighted by atomic mass is 16.3. The number of rotatable bonds is 36. The lowest BCUT2D eigenvalue weighted by molar-refractivity contribution is 0.205. The van der Waals surface area contributed by atoms with Gasteiger partial charge in [-0.25, -0.2) is 0 Å². The molecule has 0 fully saturated rings. The SMILES string of the molecule is CCCCC(CO)CCCC.CCCCCC(CO)CCC.CCCCCCC(CC)CO.CCCCCCCC(C)CO.CCCCCCCCCCO. The molecule has 0 aliphatic carbocycles. The van der Waals surface area contributed by atoms with Crippen LogP contribution in [-0.4, -0.2) is 58.6 Å². The zero-order valence-electron chi connectivity index (χ0n) is 39.7. The van der Waals surface area contributed by atoms with Crippen LogP contribution in [0, 0.1) is 23.7 Å². The quantitative estimate of drug-likeness (QED) is 0.0407. The number of hydrogen-bond donors (Lipinski definition) is 5. The molecule has 0 spiro atoms. The van der Waals surface area contributed by atoms with E-state index in [-0.39, 0.29) is 0 Å². The minimum absolute atomic E-state index is 0.355. The molecule has 0 saturated carbocycles. The summed E-state index contributed by atoms with van der Waals surface area (Å²) in [5, 5.41) is 44.1. The van der Waals surface area contributed by atoms with Crippen molar-refractivity contribution in [3.05, 3.63) is 0 Å². The van der Waals surface area contributed by atoms with E-state index in [9.17, 15) is 0 Å². The van der Waals surface area contributed by atoms with E-state index < -0.39 is 0 Å². The third-order valence-electron chi connectivity index (χ3n) is 10.8. The normalized spacial score (nSPS) is 12.3. The summed E-state index contributed by atoms with van der Waals surface area (Å²) in [6, 6.07) is 0. The predicted octanol–water partition coefficient (Wildman–Crippen LogP) is 15.0. The number of aliphatic hydroxyl groups is 5. The Balaban J connectivity index is -0.000000189. The average Bonchev–Trinajstić information content (AvgIpc) is 3.21. The van der Waals surface area contributed by atoms with Crippen LogP contribution in [0.25, 0.3) is 0 Å². The molecule has 3 atom stereocenters. The number of hydrogen-bond acceptors (Lipinski definition) is 5. The molecule has 0 aliphatic heterocycles. The summed E-state index contributed by atoms with van der Waals surface area (Å²) in [5.74, 6) is 2.23. The minimum Gasteiger partial charge on any atom is -0.396 e. The molecule has 5 heteroatoms. The second-order valence-electron chi connectivity index (χ2n) is 16.7. The highest BCUT2D eigenvalue weighted by molar-refractivity contribution is 4.58. The van der Waals surface area contributed by atoms with Crippen LogP contribution in [-0.2, 0) is 0 Å². The molecule has 340 valence electrons. The Labute approximate surface area is 349 Å². The van der Waals surface area contributed by atoms with E-state index >= 15 is 0 Å². The van der Waals surface area contributed by atoms with Crippen LogP contribution in [0.2, 0.25) is 0 Å². The molecule has 5 nitrogen and oxygen atoms in total. The predicted molar refractivity (Wildman–Crippen MR) is 248 cm³/mol. The smallest absolute Gasteiger partial charge is 0.0459 e. The maximum absolute atomic E-state index is 8.98. The monoisotopic (exact) mass is 791 g/mol. The molecular formula is C50H110O5. The first-order chi connectivity index (χ1) is 26.8. The van der Waals surface area contributed by atoms with Crippen LogP contribution < -0.4 is 0 Å². The third kappa shape index (κ3) is 65.9. The average molecular weight is 791 g/mol. The van der Waals surface area contributed by atoms with Crippen molar-refractivity contribution < 1.29 is 25.5 Å². The summed E-state index contributed by atoms with van der Waals surface area (Å²) >= 11 is 0. The maximum Gasteiger partial charge on any atom is 0.0459 e. The summed E-state index contributed by atoms with van der Waals surface area (Å²) in [4.78, 5) is 0. The zero-order chi connectivity index (χ0) is 42.5. The molecule has 3 unspecified atom stereocenters. The van der Waals surface area contributed by atoms with Crippen LogP contribution in [0.15, 0.2) is 0 Å². The molecule has 0 amide bonds. The van der Waals surface area contributed by atoms with Crippen molar-refractivity contribution in [2.75, 3.05) is 33.0 Å². The fourth-order valence-corrected chi connectivity index (χ4v) is 6.45. The topological polar surface area (TPSA) is 101 Å². The van der Waals surface area contributed by atoms with Gasteiger partial charge in [0.2, 0.25) is 0 Å². The molecule has 55 heavy (non-hydrogen) atoms. The highest BCUT2D eigenvalue weighted by Crippen LogP contribution is 2.16. The van der Waals surface area contributed by atoms with E-state index in [4.69, 9.17) is 25.5 Å². The van der Waals surface area contributed by atoms with Gasteiger partial charge in [0, 0.05) is 33.0 Å². The molecule has 5 N–H and O–H groups in total. The van der Waals surface area contributed by atoms with Crippen LogP contribution in [0.1, 0.15) is 268 Å². The molecule has 0 radical (unpaired) electrons. The summed E-state index contributed by atoms with van der Waals surface area (Å²) in [5.41, 5.74) is 0. The molecule has 0 aliphatic rings. The van der Waals surface area contributed by atoms with Gasteiger partial charge in [-0.05, 0) is 68.6 Å². The summed E-state index contributed by atoms with van der Waals surface area (Å²) in [7, 11) is 0. The summed E-state index contributed by atoms with van der Waals surface area (Å²) in [6.45, 7) is 21.6.